The lowest BCUT2D eigenvalue weighted by molar-refractivity contribution is 0.335. The zero-order chi connectivity index (χ0) is 14.9. The summed E-state index contributed by atoms with van der Waals surface area (Å²) in [6.45, 7) is 2.90. The second-order valence-electron chi connectivity index (χ2n) is 4.80. The fraction of sp³-hybridized carbons (Fsp3) is 0.333. The number of nitrogens with one attached hydrogen (secondary N) is 1. The van der Waals surface area contributed by atoms with Crippen LogP contribution in [0.15, 0.2) is 59.5 Å². The van der Waals surface area contributed by atoms with Gasteiger partial charge in [-0.15, -0.1) is 11.8 Å². The average molecular weight is 301 g/mol. The Labute approximate surface area is 131 Å². The van der Waals surface area contributed by atoms with Gasteiger partial charge in [0.1, 0.15) is 5.75 Å². The van der Waals surface area contributed by atoms with Crippen LogP contribution in [0.25, 0.3) is 0 Å². The van der Waals surface area contributed by atoms with Crippen LogP contribution in [-0.2, 0) is 0 Å². The van der Waals surface area contributed by atoms with Crippen LogP contribution in [0, 0.1) is 0 Å². The van der Waals surface area contributed by atoms with E-state index in [4.69, 9.17) is 4.74 Å². The van der Waals surface area contributed by atoms with E-state index in [1.54, 1.807) is 0 Å². The summed E-state index contributed by atoms with van der Waals surface area (Å²) in [6, 6.07) is 19.1. The Morgan fingerprint density at radius 2 is 1.76 bits per heavy atom. The molecule has 0 amide bonds. The van der Waals surface area contributed by atoms with Gasteiger partial charge in [0, 0.05) is 22.3 Å². The van der Waals surface area contributed by atoms with Crippen LogP contribution in [0.1, 0.15) is 24.9 Å². The Morgan fingerprint density at radius 1 is 1.05 bits per heavy atom. The van der Waals surface area contributed by atoms with Crippen molar-refractivity contribution in [1.29, 1.82) is 0 Å². The van der Waals surface area contributed by atoms with Gasteiger partial charge in [0.2, 0.25) is 0 Å². The Bertz CT molecular complexity index is 526. The quantitative estimate of drug-likeness (QED) is 0.572. The molecule has 0 saturated heterocycles. The third-order valence-electron chi connectivity index (χ3n) is 3.40. The number of hydrogen-bond acceptors (Lipinski definition) is 3. The summed E-state index contributed by atoms with van der Waals surface area (Å²) in [6.07, 6.45) is 1.05. The topological polar surface area (TPSA) is 21.3 Å². The van der Waals surface area contributed by atoms with E-state index in [1.165, 1.54) is 10.5 Å². The second-order valence-corrected chi connectivity index (χ2v) is 5.97. The normalized spacial score (nSPS) is 12.1. The van der Waals surface area contributed by atoms with Crippen LogP contribution in [0.4, 0.5) is 0 Å². The van der Waals surface area contributed by atoms with E-state index in [0.29, 0.717) is 6.04 Å². The summed E-state index contributed by atoms with van der Waals surface area (Å²) in [5.74, 6) is 1.95. The maximum Gasteiger partial charge on any atom is 0.124 e. The molecule has 0 aliphatic carbocycles. The van der Waals surface area contributed by atoms with Gasteiger partial charge in [0.25, 0.3) is 0 Å². The molecule has 1 N–H and O–H groups in total. The Balaban J connectivity index is 1.88. The monoisotopic (exact) mass is 301 g/mol. The van der Waals surface area contributed by atoms with E-state index in [-0.39, 0.29) is 0 Å². The first-order valence-electron chi connectivity index (χ1n) is 7.42. The molecule has 0 aliphatic rings. The van der Waals surface area contributed by atoms with Crippen molar-refractivity contribution in [1.82, 2.24) is 5.32 Å². The highest BCUT2D eigenvalue weighted by Gasteiger charge is 2.11. The summed E-state index contributed by atoms with van der Waals surface area (Å²) in [5, 5.41) is 3.34. The molecule has 1 atom stereocenters. The molecule has 0 aliphatic heterocycles. The number of rotatable bonds is 8. The predicted molar refractivity (Wildman–Crippen MR) is 91.2 cm³/mol. The number of thioether (sulfide) groups is 1. The Morgan fingerprint density at radius 3 is 2.48 bits per heavy atom. The first kappa shape index (κ1) is 15.9. The van der Waals surface area contributed by atoms with Gasteiger partial charge in [-0.1, -0.05) is 43.3 Å². The molecule has 2 nitrogen and oxygen atoms in total. The average Bonchev–Trinajstić information content (AvgIpc) is 2.55. The highest BCUT2D eigenvalue weighted by Crippen LogP contribution is 2.27. The van der Waals surface area contributed by atoms with Crippen molar-refractivity contribution < 1.29 is 4.74 Å². The molecule has 0 saturated carbocycles. The second kappa shape index (κ2) is 8.75. The minimum Gasteiger partial charge on any atom is -0.492 e. The maximum atomic E-state index is 5.98. The van der Waals surface area contributed by atoms with Crippen molar-refractivity contribution in [3.8, 4) is 5.75 Å². The number of benzene rings is 2. The van der Waals surface area contributed by atoms with Crippen LogP contribution in [-0.4, -0.2) is 19.4 Å². The molecule has 112 valence electrons. The molecule has 2 aromatic carbocycles. The van der Waals surface area contributed by atoms with Crippen LogP contribution in [0.2, 0.25) is 0 Å². The molecule has 0 aromatic heterocycles. The predicted octanol–water partition coefficient (Wildman–Crippen LogP) is 4.53. The molecule has 0 fully saturated rings. The lowest BCUT2D eigenvalue weighted by atomic mass is 10.0. The zero-order valence-electron chi connectivity index (χ0n) is 12.7. The zero-order valence-corrected chi connectivity index (χ0v) is 13.5. The van der Waals surface area contributed by atoms with Gasteiger partial charge in [-0.25, -0.2) is 0 Å². The lowest BCUT2D eigenvalue weighted by Crippen LogP contribution is -2.16. The molecule has 2 rings (SSSR count). The molecule has 0 bridgehead atoms. The number of para-hydroxylation sites is 1. The number of hydrogen-bond donors (Lipinski definition) is 1. The summed E-state index contributed by atoms with van der Waals surface area (Å²) < 4.78 is 5.98. The first-order chi connectivity index (χ1) is 10.3. The van der Waals surface area contributed by atoms with Crippen molar-refractivity contribution in [2.24, 2.45) is 0 Å². The Kier molecular flexibility index (Phi) is 6.64. The third kappa shape index (κ3) is 4.80. The standard InChI is InChI=1S/C18H23NOS/c1-3-17(19-2)16-11-7-8-12-18(16)20-13-14-21-15-9-5-4-6-10-15/h4-12,17,19H,3,13-14H2,1-2H3. The van der Waals surface area contributed by atoms with Gasteiger partial charge in [-0.2, -0.15) is 0 Å². The van der Waals surface area contributed by atoms with Crippen molar-refractivity contribution in [2.75, 3.05) is 19.4 Å². The van der Waals surface area contributed by atoms with Crippen LogP contribution >= 0.6 is 11.8 Å². The molecule has 3 heteroatoms. The van der Waals surface area contributed by atoms with E-state index in [9.17, 15) is 0 Å². The lowest BCUT2D eigenvalue weighted by Gasteiger charge is -2.18. The van der Waals surface area contributed by atoms with Gasteiger partial charge in [0.05, 0.1) is 6.61 Å². The maximum absolute atomic E-state index is 5.98. The summed E-state index contributed by atoms with van der Waals surface area (Å²) >= 11 is 1.82. The number of ether oxygens (including phenoxy) is 1. The van der Waals surface area contributed by atoms with E-state index >= 15 is 0 Å². The summed E-state index contributed by atoms with van der Waals surface area (Å²) in [7, 11) is 2.00. The van der Waals surface area contributed by atoms with Crippen molar-refractivity contribution >= 4 is 11.8 Å². The largest absolute Gasteiger partial charge is 0.492 e. The van der Waals surface area contributed by atoms with Gasteiger partial charge in [-0.05, 0) is 31.7 Å². The molecule has 0 spiro atoms. The van der Waals surface area contributed by atoms with Gasteiger partial charge >= 0.3 is 0 Å². The van der Waals surface area contributed by atoms with Crippen molar-refractivity contribution in [3.05, 3.63) is 60.2 Å². The molecule has 2 aromatic rings. The summed E-state index contributed by atoms with van der Waals surface area (Å²) in [4.78, 5) is 1.29. The van der Waals surface area contributed by atoms with Crippen LogP contribution < -0.4 is 10.1 Å². The van der Waals surface area contributed by atoms with E-state index in [1.807, 2.05) is 30.9 Å². The molecule has 0 heterocycles. The molecule has 0 radical (unpaired) electrons. The van der Waals surface area contributed by atoms with Gasteiger partial charge < -0.3 is 10.1 Å². The summed E-state index contributed by atoms with van der Waals surface area (Å²) in [5.41, 5.74) is 1.24. The fourth-order valence-corrected chi connectivity index (χ4v) is 3.06. The van der Waals surface area contributed by atoms with Gasteiger partial charge in [-0.3, -0.25) is 0 Å². The van der Waals surface area contributed by atoms with Crippen LogP contribution in [0.5, 0.6) is 5.75 Å². The van der Waals surface area contributed by atoms with E-state index in [0.717, 1.165) is 24.5 Å². The van der Waals surface area contributed by atoms with Crippen molar-refractivity contribution in [2.45, 2.75) is 24.3 Å². The van der Waals surface area contributed by atoms with E-state index in [2.05, 4.69) is 54.7 Å². The highest BCUT2D eigenvalue weighted by molar-refractivity contribution is 7.99. The Hall–Kier alpha value is -1.45. The minimum atomic E-state index is 0.350. The molecule has 1 unspecified atom stereocenters. The smallest absolute Gasteiger partial charge is 0.124 e. The fourth-order valence-electron chi connectivity index (χ4n) is 2.31. The molecule has 21 heavy (non-hydrogen) atoms. The highest BCUT2D eigenvalue weighted by atomic mass is 32.2. The SMILES string of the molecule is CCC(NC)c1ccccc1OCCSc1ccccc1. The van der Waals surface area contributed by atoms with E-state index < -0.39 is 0 Å². The van der Waals surface area contributed by atoms with Crippen LogP contribution in [0.3, 0.4) is 0 Å². The third-order valence-corrected chi connectivity index (χ3v) is 4.38. The molecular weight excluding hydrogens is 278 g/mol. The minimum absolute atomic E-state index is 0.350. The van der Waals surface area contributed by atoms with Crippen molar-refractivity contribution in [3.63, 3.8) is 0 Å². The molecular formula is C18H23NOS. The first-order valence-corrected chi connectivity index (χ1v) is 8.40. The van der Waals surface area contributed by atoms with Gasteiger partial charge in [0.15, 0.2) is 0 Å².